The van der Waals surface area contributed by atoms with Crippen molar-refractivity contribution in [3.05, 3.63) is 29.2 Å². The Morgan fingerprint density at radius 3 is 2.95 bits per heavy atom. The molecule has 1 aliphatic rings. The Morgan fingerprint density at radius 1 is 1.45 bits per heavy atom. The quantitative estimate of drug-likeness (QED) is 0.721. The zero-order chi connectivity index (χ0) is 15.7. The van der Waals surface area contributed by atoms with Gasteiger partial charge in [-0.25, -0.2) is 4.98 Å². The maximum absolute atomic E-state index is 11.2. The third-order valence-corrected chi connectivity index (χ3v) is 5.33. The fourth-order valence-corrected chi connectivity index (χ4v) is 4.06. The van der Waals surface area contributed by atoms with Gasteiger partial charge < -0.3 is 21.2 Å². The lowest BCUT2D eigenvalue weighted by Gasteiger charge is -2.09. The molecule has 0 aliphatic carbocycles. The molecule has 1 amide bonds. The highest BCUT2D eigenvalue weighted by Gasteiger charge is 2.17. The Hall–Kier alpha value is -1.80. The number of imidazole rings is 1. The Bertz CT molecular complexity index is 730. The second kappa shape index (κ2) is 6.13. The zero-order valence-corrected chi connectivity index (χ0v) is 13.6. The summed E-state index contributed by atoms with van der Waals surface area (Å²) < 4.78 is 5.60. The second-order valence-electron chi connectivity index (χ2n) is 4.81. The number of H-pyrrole nitrogens is 1. The van der Waals surface area contributed by atoms with Crippen LogP contribution in [0.2, 0.25) is 0 Å². The Kier molecular flexibility index (Phi) is 4.21. The average Bonchev–Trinajstić information content (AvgIpc) is 3.09. The van der Waals surface area contributed by atoms with Crippen LogP contribution in [0.25, 0.3) is 0 Å². The number of carbonyl (C=O) groups is 1. The summed E-state index contributed by atoms with van der Waals surface area (Å²) in [6.45, 7) is 0.744. The van der Waals surface area contributed by atoms with Gasteiger partial charge in [0.25, 0.3) is 5.91 Å². The molecule has 0 bridgehead atoms. The van der Waals surface area contributed by atoms with E-state index in [0.29, 0.717) is 11.6 Å². The lowest BCUT2D eigenvalue weighted by Crippen LogP contribution is -2.13. The molecule has 1 aliphatic heterocycles. The number of hydrogen-bond donors (Lipinski definition) is 3. The summed E-state index contributed by atoms with van der Waals surface area (Å²) in [7, 11) is 0. The summed E-state index contributed by atoms with van der Waals surface area (Å²) in [5, 5.41) is 0. The van der Waals surface area contributed by atoms with Crippen molar-refractivity contribution in [1.82, 2.24) is 9.97 Å². The summed E-state index contributed by atoms with van der Waals surface area (Å²) in [5.74, 6) is 1.80. The van der Waals surface area contributed by atoms with Gasteiger partial charge in [-0.2, -0.15) is 0 Å². The van der Waals surface area contributed by atoms with E-state index in [2.05, 4.69) is 22.1 Å². The number of nitrogen functional groups attached to an aromatic ring is 1. The third-order valence-electron chi connectivity index (χ3n) is 3.35. The van der Waals surface area contributed by atoms with E-state index < -0.39 is 5.91 Å². The lowest BCUT2D eigenvalue weighted by molar-refractivity contribution is 0.0997. The molecule has 1 aromatic carbocycles. The Morgan fingerprint density at radius 2 is 2.27 bits per heavy atom. The fraction of sp³-hybridized carbons (Fsp3) is 0.286. The molecule has 8 heteroatoms. The maximum atomic E-state index is 11.2. The molecule has 0 saturated carbocycles. The van der Waals surface area contributed by atoms with Crippen molar-refractivity contribution in [3.8, 4) is 5.75 Å². The number of carbonyl (C=O) groups excluding carboxylic acids is 1. The van der Waals surface area contributed by atoms with Crippen LogP contribution >= 0.6 is 23.5 Å². The van der Waals surface area contributed by atoms with Crippen molar-refractivity contribution in [3.63, 3.8) is 0 Å². The summed E-state index contributed by atoms with van der Waals surface area (Å²) in [6.07, 6.45) is 2.98. The van der Waals surface area contributed by atoms with E-state index in [4.69, 9.17) is 16.2 Å². The van der Waals surface area contributed by atoms with Crippen molar-refractivity contribution in [2.45, 2.75) is 22.0 Å². The van der Waals surface area contributed by atoms with Crippen molar-refractivity contribution in [2.24, 2.45) is 5.73 Å². The SMILES string of the molecule is CSc1cc2c(cc1SCc1nc(C(N)=O)c(N)[nH]1)CCO2. The minimum Gasteiger partial charge on any atom is -0.493 e. The van der Waals surface area contributed by atoms with Gasteiger partial charge in [-0.1, -0.05) is 0 Å². The van der Waals surface area contributed by atoms with E-state index in [0.717, 1.165) is 18.8 Å². The van der Waals surface area contributed by atoms with Gasteiger partial charge in [-0.15, -0.1) is 23.5 Å². The fourth-order valence-electron chi connectivity index (χ4n) is 2.30. The molecule has 116 valence electrons. The van der Waals surface area contributed by atoms with Crippen LogP contribution in [-0.4, -0.2) is 28.7 Å². The van der Waals surface area contributed by atoms with Crippen LogP contribution in [0, 0.1) is 0 Å². The molecule has 6 nitrogen and oxygen atoms in total. The first kappa shape index (κ1) is 15.1. The molecule has 0 unspecified atom stereocenters. The van der Waals surface area contributed by atoms with Gasteiger partial charge in [0, 0.05) is 16.2 Å². The monoisotopic (exact) mass is 336 g/mol. The molecule has 0 atom stereocenters. The molecule has 2 aromatic rings. The van der Waals surface area contributed by atoms with Crippen molar-refractivity contribution in [1.29, 1.82) is 0 Å². The third kappa shape index (κ3) is 2.89. The van der Waals surface area contributed by atoms with Crippen LogP contribution in [0.1, 0.15) is 21.9 Å². The second-order valence-corrected chi connectivity index (χ2v) is 6.67. The molecule has 2 heterocycles. The largest absolute Gasteiger partial charge is 0.493 e. The Labute approximate surface area is 136 Å². The number of nitrogens with two attached hydrogens (primary N) is 2. The number of aromatic nitrogens is 2. The molecular formula is C14H16N4O2S2. The molecule has 5 N–H and O–H groups in total. The number of primary amides is 1. The summed E-state index contributed by atoms with van der Waals surface area (Å²) in [4.78, 5) is 20.6. The molecule has 22 heavy (non-hydrogen) atoms. The van der Waals surface area contributed by atoms with Crippen LogP contribution in [0.3, 0.4) is 0 Å². The molecule has 3 rings (SSSR count). The first-order valence-corrected chi connectivity index (χ1v) is 8.90. The number of benzene rings is 1. The number of anilines is 1. The van der Waals surface area contributed by atoms with Crippen LogP contribution in [0.15, 0.2) is 21.9 Å². The topological polar surface area (TPSA) is 107 Å². The van der Waals surface area contributed by atoms with Gasteiger partial charge >= 0.3 is 0 Å². The van der Waals surface area contributed by atoms with Crippen molar-refractivity contribution in [2.75, 3.05) is 18.6 Å². The number of amides is 1. The molecule has 0 fully saturated rings. The summed E-state index contributed by atoms with van der Waals surface area (Å²) >= 11 is 3.33. The number of thioether (sulfide) groups is 2. The number of nitrogens with zero attached hydrogens (tertiary/aromatic N) is 1. The highest BCUT2D eigenvalue weighted by molar-refractivity contribution is 8.01. The molecule has 0 radical (unpaired) electrons. The molecule has 0 saturated heterocycles. The van der Waals surface area contributed by atoms with Crippen LogP contribution in [0.4, 0.5) is 5.82 Å². The Balaban J connectivity index is 1.79. The zero-order valence-electron chi connectivity index (χ0n) is 12.0. The lowest BCUT2D eigenvalue weighted by atomic mass is 10.2. The highest BCUT2D eigenvalue weighted by atomic mass is 32.2. The van der Waals surface area contributed by atoms with Crippen molar-refractivity contribution < 1.29 is 9.53 Å². The first-order valence-electron chi connectivity index (χ1n) is 6.69. The van der Waals surface area contributed by atoms with E-state index in [1.54, 1.807) is 23.5 Å². The van der Waals surface area contributed by atoms with Gasteiger partial charge in [0.05, 0.1) is 12.4 Å². The van der Waals surface area contributed by atoms with Gasteiger partial charge in [-0.05, 0) is 24.0 Å². The van der Waals surface area contributed by atoms with Crippen LogP contribution < -0.4 is 16.2 Å². The van der Waals surface area contributed by atoms with Gasteiger partial charge in [0.15, 0.2) is 5.69 Å². The minimum absolute atomic E-state index is 0.100. The maximum Gasteiger partial charge on any atom is 0.271 e. The number of rotatable bonds is 5. The van der Waals surface area contributed by atoms with E-state index in [-0.39, 0.29) is 11.5 Å². The van der Waals surface area contributed by atoms with Gasteiger partial charge in [0.1, 0.15) is 17.4 Å². The average molecular weight is 336 g/mol. The van der Waals surface area contributed by atoms with Gasteiger partial charge in [-0.3, -0.25) is 4.79 Å². The van der Waals surface area contributed by atoms with Crippen LogP contribution in [-0.2, 0) is 12.2 Å². The van der Waals surface area contributed by atoms with E-state index in [1.807, 2.05) is 6.26 Å². The number of ether oxygens (including phenoxy) is 1. The van der Waals surface area contributed by atoms with E-state index in [9.17, 15) is 4.79 Å². The molecular weight excluding hydrogens is 320 g/mol. The number of nitrogens with one attached hydrogen (secondary N) is 1. The number of hydrogen-bond acceptors (Lipinski definition) is 6. The predicted octanol–water partition coefficient (Wildman–Crippen LogP) is 2.04. The highest BCUT2D eigenvalue weighted by Crippen LogP contribution is 2.38. The summed E-state index contributed by atoms with van der Waals surface area (Å²) in [6, 6.07) is 4.25. The minimum atomic E-state index is -0.621. The van der Waals surface area contributed by atoms with Crippen molar-refractivity contribution >= 4 is 35.2 Å². The van der Waals surface area contributed by atoms with Crippen LogP contribution in [0.5, 0.6) is 5.75 Å². The van der Waals surface area contributed by atoms with Gasteiger partial charge in [0.2, 0.25) is 0 Å². The summed E-state index contributed by atoms with van der Waals surface area (Å²) in [5.41, 5.74) is 12.2. The number of aromatic amines is 1. The molecule has 0 spiro atoms. The molecule has 1 aromatic heterocycles. The number of fused-ring (bicyclic) bond motifs is 1. The standard InChI is InChI=1S/C14H16N4O2S2/c1-21-9-5-8-7(2-3-20-8)4-10(9)22-6-11-17-12(14(16)19)13(15)18-11/h4-5H,2-3,6,15H2,1H3,(H2,16,19)(H,17,18). The normalized spacial score (nSPS) is 13.0. The smallest absolute Gasteiger partial charge is 0.271 e. The van der Waals surface area contributed by atoms with E-state index >= 15 is 0 Å². The first-order chi connectivity index (χ1) is 10.6. The predicted molar refractivity (Wildman–Crippen MR) is 88.5 cm³/mol. The van der Waals surface area contributed by atoms with E-state index in [1.165, 1.54) is 15.4 Å².